The van der Waals surface area contributed by atoms with Crippen molar-refractivity contribution in [1.82, 2.24) is 5.32 Å². The van der Waals surface area contributed by atoms with Crippen LogP contribution in [0, 0.1) is 5.92 Å². The molecule has 0 saturated carbocycles. The molecule has 0 radical (unpaired) electrons. The van der Waals surface area contributed by atoms with E-state index in [1.54, 1.807) is 20.8 Å². The molecule has 1 N–H and O–H groups in total. The Labute approximate surface area is 78.0 Å². The minimum absolute atomic E-state index is 0.0963. The van der Waals surface area contributed by atoms with E-state index in [1.165, 1.54) is 13.2 Å². The fourth-order valence-electron chi connectivity index (χ4n) is 0.610. The van der Waals surface area contributed by atoms with Crippen LogP contribution in [0.3, 0.4) is 0 Å². The van der Waals surface area contributed by atoms with Crippen LogP contribution in [-0.4, -0.2) is 19.0 Å². The van der Waals surface area contributed by atoms with Crippen molar-refractivity contribution >= 4 is 11.9 Å². The molecule has 0 aliphatic carbocycles. The predicted molar refractivity (Wildman–Crippen MR) is 48.8 cm³/mol. The number of allylic oxidation sites excluding steroid dienone is 1. The lowest BCUT2D eigenvalue weighted by Gasteiger charge is -2.06. The number of hydrogen-bond acceptors (Lipinski definition) is 3. The molecule has 1 amide bonds. The van der Waals surface area contributed by atoms with Crippen molar-refractivity contribution < 1.29 is 14.3 Å². The SMILES string of the molecule is COC(=O)C=C(C)NC(=O)C(C)C. The normalized spacial score (nSPS) is 11.3. The molecule has 0 rings (SSSR count). The van der Waals surface area contributed by atoms with Crippen LogP contribution in [0.2, 0.25) is 0 Å². The molecule has 4 heteroatoms. The van der Waals surface area contributed by atoms with Gasteiger partial charge in [-0.1, -0.05) is 13.8 Å². The monoisotopic (exact) mass is 185 g/mol. The molecule has 0 atom stereocenters. The summed E-state index contributed by atoms with van der Waals surface area (Å²) < 4.78 is 4.40. The minimum Gasteiger partial charge on any atom is -0.466 e. The Balaban J connectivity index is 4.14. The van der Waals surface area contributed by atoms with Gasteiger partial charge in [-0.15, -0.1) is 0 Å². The molecule has 0 aliphatic rings. The van der Waals surface area contributed by atoms with Gasteiger partial charge in [-0.2, -0.15) is 0 Å². The summed E-state index contributed by atoms with van der Waals surface area (Å²) in [5.74, 6) is -0.680. The summed E-state index contributed by atoms with van der Waals surface area (Å²) >= 11 is 0. The van der Waals surface area contributed by atoms with Crippen molar-refractivity contribution in [3.63, 3.8) is 0 Å². The lowest BCUT2D eigenvalue weighted by molar-refractivity contribution is -0.134. The third kappa shape index (κ3) is 5.00. The van der Waals surface area contributed by atoms with E-state index in [9.17, 15) is 9.59 Å². The van der Waals surface area contributed by atoms with Gasteiger partial charge in [-0.25, -0.2) is 4.79 Å². The fourth-order valence-corrected chi connectivity index (χ4v) is 0.610. The maximum Gasteiger partial charge on any atom is 0.332 e. The van der Waals surface area contributed by atoms with Gasteiger partial charge < -0.3 is 10.1 Å². The zero-order valence-electron chi connectivity index (χ0n) is 8.38. The maximum atomic E-state index is 11.1. The Hall–Kier alpha value is -1.32. The van der Waals surface area contributed by atoms with Gasteiger partial charge in [0.2, 0.25) is 5.91 Å². The highest BCUT2D eigenvalue weighted by atomic mass is 16.5. The first-order chi connectivity index (χ1) is 5.97. The third-order valence-corrected chi connectivity index (χ3v) is 1.38. The zero-order chi connectivity index (χ0) is 10.4. The average molecular weight is 185 g/mol. The van der Waals surface area contributed by atoms with Gasteiger partial charge in [0.25, 0.3) is 0 Å². The first-order valence-electron chi connectivity index (χ1n) is 4.04. The topological polar surface area (TPSA) is 55.4 Å². The van der Waals surface area contributed by atoms with Crippen LogP contribution < -0.4 is 5.32 Å². The molecule has 0 saturated heterocycles. The number of rotatable bonds is 3. The quantitative estimate of drug-likeness (QED) is 0.523. The molecule has 0 aromatic carbocycles. The van der Waals surface area contributed by atoms with Gasteiger partial charge in [0, 0.05) is 17.7 Å². The van der Waals surface area contributed by atoms with E-state index in [1.807, 2.05) is 0 Å². The lowest BCUT2D eigenvalue weighted by atomic mass is 10.2. The van der Waals surface area contributed by atoms with Gasteiger partial charge in [-0.3, -0.25) is 4.79 Å². The predicted octanol–water partition coefficient (Wildman–Crippen LogP) is 0.835. The van der Waals surface area contributed by atoms with Gasteiger partial charge in [0.05, 0.1) is 7.11 Å². The van der Waals surface area contributed by atoms with Crippen LogP contribution in [0.5, 0.6) is 0 Å². The summed E-state index contributed by atoms with van der Waals surface area (Å²) in [5.41, 5.74) is 0.491. The van der Waals surface area contributed by atoms with E-state index >= 15 is 0 Å². The maximum absolute atomic E-state index is 11.1. The number of carbonyl (C=O) groups excluding carboxylic acids is 2. The Morgan fingerprint density at radius 1 is 1.38 bits per heavy atom. The molecule has 4 nitrogen and oxygen atoms in total. The summed E-state index contributed by atoms with van der Waals surface area (Å²) in [7, 11) is 1.29. The van der Waals surface area contributed by atoms with Crippen LogP contribution in [0.1, 0.15) is 20.8 Å². The van der Waals surface area contributed by atoms with Gasteiger partial charge in [0.15, 0.2) is 0 Å². The number of carbonyl (C=O) groups is 2. The highest BCUT2D eigenvalue weighted by molar-refractivity contribution is 5.85. The molecule has 0 aliphatic heterocycles. The summed E-state index contributed by atoms with van der Waals surface area (Å²) in [4.78, 5) is 21.8. The Bertz CT molecular complexity index is 231. The molecule has 0 heterocycles. The van der Waals surface area contributed by atoms with Crippen molar-refractivity contribution in [2.24, 2.45) is 5.92 Å². The second-order valence-electron chi connectivity index (χ2n) is 2.99. The van der Waals surface area contributed by atoms with E-state index in [4.69, 9.17) is 0 Å². The Morgan fingerprint density at radius 2 is 1.92 bits per heavy atom. The number of amides is 1. The van der Waals surface area contributed by atoms with Crippen LogP contribution in [0.25, 0.3) is 0 Å². The number of hydrogen-bond donors (Lipinski definition) is 1. The van der Waals surface area contributed by atoms with Crippen LogP contribution in [-0.2, 0) is 14.3 Å². The molecule has 13 heavy (non-hydrogen) atoms. The van der Waals surface area contributed by atoms with E-state index in [2.05, 4.69) is 10.1 Å². The van der Waals surface area contributed by atoms with Gasteiger partial charge >= 0.3 is 5.97 Å². The molecule has 74 valence electrons. The van der Waals surface area contributed by atoms with Gasteiger partial charge in [-0.05, 0) is 6.92 Å². The van der Waals surface area contributed by atoms with Crippen molar-refractivity contribution in [1.29, 1.82) is 0 Å². The van der Waals surface area contributed by atoms with E-state index in [0.717, 1.165) is 0 Å². The number of ether oxygens (including phenoxy) is 1. The summed E-state index contributed by atoms with van der Waals surface area (Å²) in [6.45, 7) is 5.19. The molecular weight excluding hydrogens is 170 g/mol. The van der Waals surface area contributed by atoms with Gasteiger partial charge in [0.1, 0.15) is 0 Å². The summed E-state index contributed by atoms with van der Waals surface area (Å²) in [5, 5.41) is 2.57. The highest BCUT2D eigenvalue weighted by Crippen LogP contribution is 1.95. The number of methoxy groups -OCH3 is 1. The molecule has 0 aromatic heterocycles. The average Bonchev–Trinajstić information content (AvgIpc) is 2.03. The number of nitrogens with one attached hydrogen (secondary N) is 1. The van der Waals surface area contributed by atoms with E-state index in [-0.39, 0.29) is 11.8 Å². The van der Waals surface area contributed by atoms with E-state index in [0.29, 0.717) is 5.70 Å². The second-order valence-corrected chi connectivity index (χ2v) is 2.99. The first-order valence-corrected chi connectivity index (χ1v) is 4.04. The summed E-state index contributed by atoms with van der Waals surface area (Å²) in [6.07, 6.45) is 1.24. The van der Waals surface area contributed by atoms with Crippen molar-refractivity contribution in [2.75, 3.05) is 7.11 Å². The van der Waals surface area contributed by atoms with E-state index < -0.39 is 5.97 Å². The highest BCUT2D eigenvalue weighted by Gasteiger charge is 2.06. The number of esters is 1. The minimum atomic E-state index is -0.471. The third-order valence-electron chi connectivity index (χ3n) is 1.38. The smallest absolute Gasteiger partial charge is 0.332 e. The largest absolute Gasteiger partial charge is 0.466 e. The Kier molecular flexibility index (Phi) is 4.80. The fraction of sp³-hybridized carbons (Fsp3) is 0.556. The van der Waals surface area contributed by atoms with Crippen molar-refractivity contribution in [2.45, 2.75) is 20.8 Å². The Morgan fingerprint density at radius 3 is 2.31 bits per heavy atom. The molecule has 0 unspecified atom stereocenters. The molecule has 0 bridgehead atoms. The summed E-state index contributed by atoms with van der Waals surface area (Å²) in [6, 6.07) is 0. The molecule has 0 fully saturated rings. The van der Waals surface area contributed by atoms with Crippen LogP contribution in [0.4, 0.5) is 0 Å². The van der Waals surface area contributed by atoms with Crippen LogP contribution in [0.15, 0.2) is 11.8 Å². The van der Waals surface area contributed by atoms with Crippen molar-refractivity contribution in [3.05, 3.63) is 11.8 Å². The standard InChI is InChI=1S/C9H15NO3/c1-6(2)9(12)10-7(3)5-8(11)13-4/h5-6H,1-4H3,(H,10,12). The first kappa shape index (κ1) is 11.7. The molecular formula is C9H15NO3. The molecule has 0 spiro atoms. The molecule has 0 aromatic rings. The lowest BCUT2D eigenvalue weighted by Crippen LogP contribution is -2.26. The zero-order valence-corrected chi connectivity index (χ0v) is 8.38. The van der Waals surface area contributed by atoms with Crippen LogP contribution >= 0.6 is 0 Å². The second kappa shape index (κ2) is 5.35. The van der Waals surface area contributed by atoms with Crippen molar-refractivity contribution in [3.8, 4) is 0 Å².